The molecule has 0 unspecified atom stereocenters. The second kappa shape index (κ2) is 14.3. The maximum Gasteiger partial charge on any atom is 0.264 e. The van der Waals surface area contributed by atoms with Crippen molar-refractivity contribution in [2.45, 2.75) is 115 Å². The number of benzene rings is 1. The van der Waals surface area contributed by atoms with Crippen LogP contribution in [0, 0.1) is 16.2 Å². The van der Waals surface area contributed by atoms with E-state index in [-0.39, 0.29) is 11.2 Å². The molecule has 0 radical (unpaired) electrons. The Morgan fingerprint density at radius 2 is 1.00 bits per heavy atom. The van der Waals surface area contributed by atoms with Crippen LogP contribution in [0.2, 0.25) is 0 Å². The summed E-state index contributed by atoms with van der Waals surface area (Å²) >= 11 is 0. The highest BCUT2D eigenvalue weighted by Gasteiger charge is 2.12. The summed E-state index contributed by atoms with van der Waals surface area (Å²) in [7, 11) is -3.75. The van der Waals surface area contributed by atoms with Gasteiger partial charge in [-0.3, -0.25) is 4.55 Å². The molecule has 0 spiro atoms. The highest BCUT2D eigenvalue weighted by molar-refractivity contribution is 7.85. The predicted molar refractivity (Wildman–Crippen MR) is 141 cm³/mol. The minimum atomic E-state index is -3.75. The molecule has 0 bridgehead atoms. The third-order valence-corrected chi connectivity index (χ3v) is 3.77. The average molecular weight is 459 g/mol. The van der Waals surface area contributed by atoms with E-state index in [2.05, 4.69) is 106 Å². The molecule has 1 aromatic carbocycles. The first-order valence-electron chi connectivity index (χ1n) is 11.3. The molecule has 0 heterocycles. The molecule has 1 aromatic rings. The minimum absolute atomic E-state index is 0.121. The van der Waals surface area contributed by atoms with Crippen molar-refractivity contribution in [1.29, 1.82) is 0 Å². The first-order chi connectivity index (χ1) is 13.3. The lowest BCUT2D eigenvalue weighted by atomic mass is 9.87. The van der Waals surface area contributed by atoms with Crippen LogP contribution in [0.5, 0.6) is 0 Å². The number of hydrogen-bond acceptors (Lipinski definition) is 2. The Balaban J connectivity index is -0.000000359. The molecule has 0 aliphatic rings. The van der Waals surface area contributed by atoms with Gasteiger partial charge in [0, 0.05) is 0 Å². The van der Waals surface area contributed by atoms with Gasteiger partial charge in [-0.15, -0.1) is 0 Å². The molecule has 0 amide bonds. The fourth-order valence-electron chi connectivity index (χ4n) is 1.72. The van der Waals surface area contributed by atoms with Crippen LogP contribution in [0.4, 0.5) is 0 Å². The van der Waals surface area contributed by atoms with Gasteiger partial charge in [0.1, 0.15) is 0 Å². The van der Waals surface area contributed by atoms with Gasteiger partial charge in [0.2, 0.25) is 0 Å². The molecule has 0 saturated heterocycles. The molecular formula is C27H54O3S. The van der Waals surface area contributed by atoms with Crippen LogP contribution in [0.15, 0.2) is 30.3 Å². The van der Waals surface area contributed by atoms with Gasteiger partial charge in [-0.1, -0.05) is 127 Å². The molecule has 31 heavy (non-hydrogen) atoms. The fourth-order valence-corrected chi connectivity index (χ4v) is 2.23. The Labute approximate surface area is 196 Å². The van der Waals surface area contributed by atoms with E-state index in [0.29, 0.717) is 22.7 Å². The van der Waals surface area contributed by atoms with Crippen molar-refractivity contribution in [2.24, 2.45) is 16.2 Å². The highest BCUT2D eigenvalue weighted by atomic mass is 32.2. The smallest absolute Gasteiger partial charge is 0.264 e. The molecule has 0 aliphatic heterocycles. The molecule has 0 saturated carbocycles. The molecular weight excluding hydrogens is 404 g/mol. The first-order valence-corrected chi connectivity index (χ1v) is 12.9. The van der Waals surface area contributed by atoms with Crippen LogP contribution in [0.25, 0.3) is 0 Å². The Morgan fingerprint density at radius 1 is 0.677 bits per heavy atom. The second-order valence-corrected chi connectivity index (χ2v) is 15.1. The largest absolute Gasteiger partial charge is 0.286 e. The van der Waals surface area contributed by atoms with Crippen LogP contribution in [0.1, 0.15) is 115 Å². The summed E-state index contributed by atoms with van der Waals surface area (Å²) in [5, 5.41) is 0. The summed E-state index contributed by atoms with van der Waals surface area (Å²) < 4.78 is 28.9. The van der Waals surface area contributed by atoms with Crippen molar-refractivity contribution in [3.05, 3.63) is 35.9 Å². The molecule has 0 atom stereocenters. The number of rotatable bonds is 3. The van der Waals surface area contributed by atoms with Crippen LogP contribution < -0.4 is 0 Å². The zero-order valence-corrected chi connectivity index (χ0v) is 24.0. The quantitative estimate of drug-likeness (QED) is 0.460. The molecule has 4 heteroatoms. The lowest BCUT2D eigenvalue weighted by Crippen LogP contribution is -2.10. The van der Waals surface area contributed by atoms with Crippen LogP contribution in [0.3, 0.4) is 0 Å². The molecule has 0 aromatic heterocycles. The fraction of sp³-hybridized carbons (Fsp3) is 0.778. The van der Waals surface area contributed by atoms with Crippen LogP contribution in [-0.2, 0) is 15.5 Å². The lowest BCUT2D eigenvalue weighted by Gasteiger charge is -2.18. The van der Waals surface area contributed by atoms with E-state index in [9.17, 15) is 8.42 Å². The first kappa shape index (κ1) is 34.7. The monoisotopic (exact) mass is 458 g/mol. The molecule has 0 fully saturated rings. The molecule has 0 aliphatic carbocycles. The normalized spacial score (nSPS) is 12.4. The summed E-state index contributed by atoms with van der Waals surface area (Å²) in [4.78, 5) is 0. The molecule has 1 N–H and O–H groups in total. The van der Waals surface area contributed by atoms with Crippen molar-refractivity contribution in [3.63, 3.8) is 0 Å². The van der Waals surface area contributed by atoms with Gasteiger partial charge in [-0.2, -0.15) is 8.42 Å². The van der Waals surface area contributed by atoms with Crippen molar-refractivity contribution in [3.8, 4) is 0 Å². The third kappa shape index (κ3) is 48.0. The predicted octanol–water partition coefficient (Wildman–Crippen LogP) is 8.79. The Kier molecular flexibility index (Phi) is 16.0. The van der Waals surface area contributed by atoms with Gasteiger partial charge in [-0.05, 0) is 40.1 Å². The molecule has 3 nitrogen and oxygen atoms in total. The van der Waals surface area contributed by atoms with Crippen molar-refractivity contribution >= 4 is 10.1 Å². The minimum Gasteiger partial charge on any atom is -0.286 e. The van der Waals surface area contributed by atoms with E-state index in [0.717, 1.165) is 6.42 Å². The molecule has 186 valence electrons. The Hall–Kier alpha value is -0.870. The maximum atomic E-state index is 10.3. The van der Waals surface area contributed by atoms with Gasteiger partial charge in [-0.25, -0.2) is 0 Å². The van der Waals surface area contributed by atoms with E-state index in [4.69, 9.17) is 4.55 Å². The topological polar surface area (TPSA) is 54.4 Å². The van der Waals surface area contributed by atoms with E-state index in [1.165, 1.54) is 5.56 Å². The van der Waals surface area contributed by atoms with Gasteiger partial charge in [0.15, 0.2) is 0 Å². The van der Waals surface area contributed by atoms with Crippen LogP contribution in [-0.4, -0.2) is 18.7 Å². The van der Waals surface area contributed by atoms with Gasteiger partial charge in [0.25, 0.3) is 10.1 Å². The van der Waals surface area contributed by atoms with Crippen molar-refractivity contribution in [1.82, 2.24) is 0 Å². The Bertz CT molecular complexity index is 624. The van der Waals surface area contributed by atoms with Gasteiger partial charge < -0.3 is 0 Å². The van der Waals surface area contributed by atoms with Crippen molar-refractivity contribution < 1.29 is 13.0 Å². The zero-order valence-electron chi connectivity index (χ0n) is 23.2. The summed E-state index contributed by atoms with van der Waals surface area (Å²) in [5.74, 6) is -0.121. The van der Waals surface area contributed by atoms with Gasteiger partial charge >= 0.3 is 0 Å². The molecule has 1 rings (SSSR count). The second-order valence-electron chi connectivity index (χ2n) is 13.6. The van der Waals surface area contributed by atoms with Gasteiger partial charge in [0.05, 0.1) is 5.75 Å². The summed E-state index contributed by atoms with van der Waals surface area (Å²) in [5.41, 5.74) is 2.83. The lowest BCUT2D eigenvalue weighted by molar-refractivity contribution is 0.370. The van der Waals surface area contributed by atoms with Crippen LogP contribution >= 0.6 is 0 Å². The van der Waals surface area contributed by atoms with E-state index < -0.39 is 10.1 Å². The Morgan fingerprint density at radius 3 is 1.19 bits per heavy atom. The number of hydrogen-bond donors (Lipinski definition) is 1. The third-order valence-electron chi connectivity index (χ3n) is 2.97. The SMILES string of the molecule is CC(C)(C)C.CC(C)(C)C.CC(C)(C)CCCS(=O)(=O)O.CC(C)(C)c1ccccc1. The summed E-state index contributed by atoms with van der Waals surface area (Å²) in [6.07, 6.45) is 1.34. The van der Waals surface area contributed by atoms with E-state index >= 15 is 0 Å². The van der Waals surface area contributed by atoms with Crippen molar-refractivity contribution in [2.75, 3.05) is 5.75 Å². The standard InChI is InChI=1S/C10H14.C7H16O3S.2C5H12/c1-10(2,3)9-7-5-4-6-8-9;1-7(2,3)5-4-6-11(8,9)10;2*1-5(2,3)4/h4-8H,1-3H3;4-6H2,1-3H3,(H,8,9,10);2*1-4H3. The summed E-state index contributed by atoms with van der Waals surface area (Å²) in [6, 6.07) is 10.6. The average Bonchev–Trinajstić information content (AvgIpc) is 2.41. The van der Waals surface area contributed by atoms with E-state index in [1.807, 2.05) is 20.8 Å². The van der Waals surface area contributed by atoms with E-state index in [1.54, 1.807) is 0 Å². The summed E-state index contributed by atoms with van der Waals surface area (Å²) in [6.45, 7) is 30.3. The zero-order chi connectivity index (χ0) is 25.7. The maximum absolute atomic E-state index is 10.3. The highest BCUT2D eigenvalue weighted by Crippen LogP contribution is 2.21.